The van der Waals surface area contributed by atoms with Crippen molar-refractivity contribution in [2.45, 2.75) is 0 Å². The molecule has 3 N–H and O–H groups in total. The van der Waals surface area contributed by atoms with E-state index in [1.807, 2.05) is 18.2 Å². The van der Waals surface area contributed by atoms with Crippen molar-refractivity contribution in [3.8, 4) is 0 Å². The fraction of sp³-hybridized carbons (Fsp3) is 0. The predicted molar refractivity (Wildman–Crippen MR) is 55.9 cm³/mol. The van der Waals surface area contributed by atoms with Crippen molar-refractivity contribution in [3.63, 3.8) is 0 Å². The quantitative estimate of drug-likeness (QED) is 0.232. The largest absolute Gasteiger partial charge is 0.423 e. The Kier molecular flexibility index (Phi) is 4.05. The number of benzene rings is 1. The van der Waals surface area contributed by atoms with Crippen LogP contribution in [0.1, 0.15) is 0 Å². The van der Waals surface area contributed by atoms with Gasteiger partial charge in [-0.2, -0.15) is 0 Å². The number of rotatable bonds is 1. The van der Waals surface area contributed by atoms with E-state index >= 15 is 0 Å². The zero-order chi connectivity index (χ0) is 11.1. The molecule has 0 aliphatic rings. The molecule has 0 aliphatic heterocycles. The highest BCUT2D eigenvalue weighted by Crippen LogP contribution is 2.08. The van der Waals surface area contributed by atoms with E-state index in [0.29, 0.717) is 12.0 Å². The predicted octanol–water partition coefficient (Wildman–Crippen LogP) is 0.399. The molecular weight excluding hydrogens is 196 g/mol. The van der Waals surface area contributed by atoms with Gasteiger partial charge in [0.1, 0.15) is 5.58 Å². The lowest BCUT2D eigenvalue weighted by Gasteiger charge is -1.91. The van der Waals surface area contributed by atoms with Gasteiger partial charge in [0.2, 0.25) is 6.41 Å². The van der Waals surface area contributed by atoms with E-state index < -0.39 is 0 Å². The van der Waals surface area contributed by atoms with Crippen LogP contribution < -0.4 is 16.9 Å². The van der Waals surface area contributed by atoms with Crippen LogP contribution in [0.15, 0.2) is 45.6 Å². The lowest BCUT2D eigenvalue weighted by atomic mass is 10.2. The molecule has 78 valence electrons. The van der Waals surface area contributed by atoms with Crippen LogP contribution in [-0.4, -0.2) is 6.41 Å². The number of amides is 1. The summed E-state index contributed by atoms with van der Waals surface area (Å²) in [5, 5.41) is 0.951. The number of para-hydroxylation sites is 1. The van der Waals surface area contributed by atoms with Crippen LogP contribution in [0.3, 0.4) is 0 Å². The van der Waals surface area contributed by atoms with Gasteiger partial charge < -0.3 is 4.42 Å². The second kappa shape index (κ2) is 5.56. The number of hydrazine groups is 1. The number of nitrogens with one attached hydrogen (secondary N) is 1. The van der Waals surface area contributed by atoms with Crippen LogP contribution >= 0.6 is 0 Å². The first kappa shape index (κ1) is 10.9. The van der Waals surface area contributed by atoms with Crippen LogP contribution in [-0.2, 0) is 4.79 Å². The first-order chi connectivity index (χ1) is 7.27. The van der Waals surface area contributed by atoms with Crippen molar-refractivity contribution in [2.75, 3.05) is 0 Å². The molecule has 1 aromatic carbocycles. The zero-order valence-electron chi connectivity index (χ0n) is 7.84. The molecule has 5 nitrogen and oxygen atoms in total. The van der Waals surface area contributed by atoms with Crippen molar-refractivity contribution in [2.24, 2.45) is 5.84 Å². The zero-order valence-corrected chi connectivity index (χ0v) is 7.84. The molecule has 2 aromatic rings. The number of nitrogens with two attached hydrogens (primary N) is 1. The van der Waals surface area contributed by atoms with Crippen molar-refractivity contribution < 1.29 is 9.21 Å². The van der Waals surface area contributed by atoms with E-state index in [2.05, 4.69) is 5.84 Å². The smallest absolute Gasteiger partial charge is 0.336 e. The SMILES string of the molecule is NNC=O.O=c1ccc2ccccc2o1. The molecule has 15 heavy (non-hydrogen) atoms. The molecule has 0 unspecified atom stereocenters. The second-order valence-corrected chi connectivity index (χ2v) is 2.58. The first-order valence-corrected chi connectivity index (χ1v) is 4.16. The minimum absolute atomic E-state index is 0.302. The van der Waals surface area contributed by atoms with Crippen LogP contribution in [0.2, 0.25) is 0 Å². The van der Waals surface area contributed by atoms with E-state index in [1.165, 1.54) is 6.07 Å². The Morgan fingerprint density at radius 3 is 2.53 bits per heavy atom. The summed E-state index contributed by atoms with van der Waals surface area (Å²) in [4.78, 5) is 19.7. The van der Waals surface area contributed by atoms with Crippen molar-refractivity contribution in [1.82, 2.24) is 5.43 Å². The van der Waals surface area contributed by atoms with Gasteiger partial charge >= 0.3 is 5.63 Å². The highest BCUT2D eigenvalue weighted by molar-refractivity contribution is 5.75. The third kappa shape index (κ3) is 3.24. The van der Waals surface area contributed by atoms with Crippen LogP contribution in [0.25, 0.3) is 11.0 Å². The maximum atomic E-state index is 10.7. The Morgan fingerprint density at radius 1 is 1.20 bits per heavy atom. The maximum absolute atomic E-state index is 10.7. The molecule has 0 atom stereocenters. The Balaban J connectivity index is 0.000000245. The topological polar surface area (TPSA) is 85.3 Å². The standard InChI is InChI=1S/C9H6O2.CH4N2O/c10-9-6-5-7-3-1-2-4-8(7)11-9;2-3-1-4/h1-6H;1H,2H2,(H,3,4). The summed E-state index contributed by atoms with van der Waals surface area (Å²) in [5.74, 6) is 4.41. The van der Waals surface area contributed by atoms with E-state index in [-0.39, 0.29) is 5.63 Å². The average Bonchev–Trinajstić information content (AvgIpc) is 2.29. The Hall–Kier alpha value is -2.14. The Morgan fingerprint density at radius 2 is 1.87 bits per heavy atom. The number of hydrogen-bond acceptors (Lipinski definition) is 4. The Labute approximate surface area is 85.5 Å². The number of carbonyl (C=O) groups excluding carboxylic acids is 1. The molecule has 0 radical (unpaired) electrons. The van der Waals surface area contributed by atoms with Gasteiger partial charge in [-0.15, -0.1) is 0 Å². The van der Waals surface area contributed by atoms with Gasteiger partial charge in [0.25, 0.3) is 0 Å². The normalized spacial score (nSPS) is 8.87. The molecule has 5 heteroatoms. The molecule has 1 amide bonds. The number of hydrogen-bond donors (Lipinski definition) is 2. The molecule has 0 spiro atoms. The minimum atomic E-state index is -0.302. The third-order valence-electron chi connectivity index (χ3n) is 1.60. The minimum Gasteiger partial charge on any atom is -0.423 e. The molecule has 1 aromatic heterocycles. The fourth-order valence-corrected chi connectivity index (χ4v) is 1.01. The molecule has 0 saturated carbocycles. The van der Waals surface area contributed by atoms with Gasteiger partial charge in [0.05, 0.1) is 0 Å². The van der Waals surface area contributed by atoms with Gasteiger partial charge in [0.15, 0.2) is 0 Å². The molecule has 1 heterocycles. The Bertz CT molecular complexity index is 493. The van der Waals surface area contributed by atoms with E-state index in [9.17, 15) is 4.79 Å². The molecule has 0 aliphatic carbocycles. The number of fused-ring (bicyclic) bond motifs is 1. The lowest BCUT2D eigenvalue weighted by Crippen LogP contribution is -2.18. The first-order valence-electron chi connectivity index (χ1n) is 4.16. The maximum Gasteiger partial charge on any atom is 0.336 e. The fourth-order valence-electron chi connectivity index (χ4n) is 1.01. The summed E-state index contributed by atoms with van der Waals surface area (Å²) in [7, 11) is 0. The molecule has 0 fully saturated rings. The second-order valence-electron chi connectivity index (χ2n) is 2.58. The highest BCUT2D eigenvalue weighted by Gasteiger charge is 1.92. The van der Waals surface area contributed by atoms with E-state index in [1.54, 1.807) is 17.6 Å². The summed E-state index contributed by atoms with van der Waals surface area (Å²) in [6, 6.07) is 10.6. The highest BCUT2D eigenvalue weighted by atomic mass is 16.4. The monoisotopic (exact) mass is 206 g/mol. The summed E-state index contributed by atoms with van der Waals surface area (Å²) in [6.45, 7) is 0. The van der Waals surface area contributed by atoms with Crippen molar-refractivity contribution in [1.29, 1.82) is 0 Å². The summed E-state index contributed by atoms with van der Waals surface area (Å²) >= 11 is 0. The van der Waals surface area contributed by atoms with Gasteiger partial charge in [-0.25, -0.2) is 10.6 Å². The summed E-state index contributed by atoms with van der Waals surface area (Å²) in [5.41, 5.74) is 2.09. The molecule has 0 saturated heterocycles. The molecular formula is C10H10N2O3. The third-order valence-corrected chi connectivity index (χ3v) is 1.60. The van der Waals surface area contributed by atoms with Crippen LogP contribution in [0, 0.1) is 0 Å². The lowest BCUT2D eigenvalue weighted by molar-refractivity contribution is -0.109. The van der Waals surface area contributed by atoms with Crippen LogP contribution in [0.5, 0.6) is 0 Å². The van der Waals surface area contributed by atoms with E-state index in [4.69, 9.17) is 9.21 Å². The van der Waals surface area contributed by atoms with E-state index in [0.717, 1.165) is 5.39 Å². The van der Waals surface area contributed by atoms with Crippen molar-refractivity contribution >= 4 is 17.4 Å². The van der Waals surface area contributed by atoms with Crippen molar-refractivity contribution in [3.05, 3.63) is 46.8 Å². The van der Waals surface area contributed by atoms with Gasteiger partial charge in [-0.1, -0.05) is 18.2 Å². The number of carbonyl (C=O) groups is 1. The van der Waals surface area contributed by atoms with Gasteiger partial charge in [-0.3, -0.25) is 10.2 Å². The average molecular weight is 206 g/mol. The summed E-state index contributed by atoms with van der Waals surface area (Å²) in [6.07, 6.45) is 0.403. The molecule has 2 rings (SSSR count). The van der Waals surface area contributed by atoms with Gasteiger partial charge in [-0.05, 0) is 12.1 Å². The van der Waals surface area contributed by atoms with Crippen LogP contribution in [0.4, 0.5) is 0 Å². The van der Waals surface area contributed by atoms with Gasteiger partial charge in [0, 0.05) is 11.5 Å². The summed E-state index contributed by atoms with van der Waals surface area (Å²) < 4.78 is 4.91. The molecule has 0 bridgehead atoms.